The van der Waals surface area contributed by atoms with Crippen molar-refractivity contribution in [3.8, 4) is 0 Å². The molecule has 0 aromatic heterocycles. The molecular weight excluding hydrogens is 152 g/mol. The van der Waals surface area contributed by atoms with Crippen LogP contribution >= 0.6 is 0 Å². The zero-order valence-electron chi connectivity index (χ0n) is 5.83. The molecule has 0 bridgehead atoms. The van der Waals surface area contributed by atoms with E-state index in [2.05, 4.69) is 0 Å². The lowest BCUT2D eigenvalue weighted by Crippen LogP contribution is -2.41. The summed E-state index contributed by atoms with van der Waals surface area (Å²) in [5, 5.41) is -0.116. The minimum atomic E-state index is -2.78. The molecule has 0 aromatic carbocycles. The van der Waals surface area contributed by atoms with Gasteiger partial charge in [0.15, 0.2) is 9.84 Å². The van der Waals surface area contributed by atoms with Gasteiger partial charge in [-0.05, 0) is 12.8 Å². The van der Waals surface area contributed by atoms with E-state index in [-0.39, 0.29) is 10.9 Å². The molecule has 1 saturated carbocycles. The Kier molecular flexibility index (Phi) is 1.03. The van der Waals surface area contributed by atoms with Crippen LogP contribution in [-0.2, 0) is 14.6 Å². The van der Waals surface area contributed by atoms with Crippen molar-refractivity contribution in [2.45, 2.75) is 23.7 Å². The van der Waals surface area contributed by atoms with Crippen LogP contribution in [0.4, 0.5) is 0 Å². The summed E-state index contributed by atoms with van der Waals surface area (Å²) in [5.41, 5.74) is 0.0216. The summed E-state index contributed by atoms with van der Waals surface area (Å²) in [6, 6.07) is 0. The monoisotopic (exact) mass is 162 g/mol. The summed E-state index contributed by atoms with van der Waals surface area (Å²) in [7, 11) is -2.78. The predicted octanol–water partition coefficient (Wildman–Crippen LogP) is -0.0376. The molecule has 1 saturated heterocycles. The molecule has 1 aliphatic carbocycles. The highest BCUT2D eigenvalue weighted by Crippen LogP contribution is 2.48. The highest BCUT2D eigenvalue weighted by atomic mass is 32.2. The number of epoxide rings is 1. The van der Waals surface area contributed by atoms with Gasteiger partial charge in [-0.3, -0.25) is 0 Å². The normalized spacial score (nSPS) is 45.1. The predicted molar refractivity (Wildman–Crippen MR) is 36.5 cm³/mol. The van der Waals surface area contributed by atoms with Crippen LogP contribution in [0.25, 0.3) is 0 Å². The molecule has 2 fully saturated rings. The van der Waals surface area contributed by atoms with Crippen LogP contribution in [-0.4, -0.2) is 32.1 Å². The Morgan fingerprint density at radius 3 is 2.30 bits per heavy atom. The summed E-state index contributed by atoms with van der Waals surface area (Å²) in [6.07, 6.45) is 2.75. The van der Waals surface area contributed by atoms with Gasteiger partial charge in [0.25, 0.3) is 0 Å². The molecule has 2 rings (SSSR count). The fourth-order valence-corrected chi connectivity index (χ4v) is 2.62. The Hall–Kier alpha value is -0.0900. The molecule has 0 N–H and O–H groups in total. The van der Waals surface area contributed by atoms with Crippen molar-refractivity contribution in [1.29, 1.82) is 0 Å². The van der Waals surface area contributed by atoms with Crippen molar-refractivity contribution < 1.29 is 13.2 Å². The maximum atomic E-state index is 10.9. The summed E-state index contributed by atoms with van der Waals surface area (Å²) >= 11 is 0. The summed E-state index contributed by atoms with van der Waals surface area (Å²) < 4.78 is 26.8. The molecule has 58 valence electrons. The van der Waals surface area contributed by atoms with Crippen LogP contribution in [0.1, 0.15) is 12.8 Å². The van der Waals surface area contributed by atoms with Gasteiger partial charge in [-0.25, -0.2) is 8.42 Å². The van der Waals surface area contributed by atoms with E-state index in [4.69, 9.17) is 4.74 Å². The second kappa shape index (κ2) is 1.56. The van der Waals surface area contributed by atoms with Crippen LogP contribution in [0.3, 0.4) is 0 Å². The molecule has 3 nitrogen and oxygen atoms in total. The molecule has 0 aromatic rings. The van der Waals surface area contributed by atoms with E-state index in [0.29, 0.717) is 0 Å². The minimum absolute atomic E-state index is 0.0216. The van der Waals surface area contributed by atoms with Gasteiger partial charge in [-0.15, -0.1) is 0 Å². The lowest BCUT2D eigenvalue weighted by molar-refractivity contribution is 0.202. The van der Waals surface area contributed by atoms with E-state index in [1.807, 2.05) is 0 Å². The highest BCUT2D eigenvalue weighted by Gasteiger charge is 2.58. The average molecular weight is 162 g/mol. The standard InChI is InChI=1S/C6H10O3S/c1-10(7,8)5-2-6(3-5)4-9-6/h5H,2-4H2,1H3. The molecule has 1 spiro atoms. The van der Waals surface area contributed by atoms with E-state index in [1.54, 1.807) is 0 Å². The SMILES string of the molecule is CS(=O)(=O)C1CC2(CO2)C1. The number of rotatable bonds is 1. The Morgan fingerprint density at radius 2 is 2.00 bits per heavy atom. The fourth-order valence-electron chi connectivity index (χ4n) is 1.41. The first-order chi connectivity index (χ1) is 4.52. The summed E-state index contributed by atoms with van der Waals surface area (Å²) in [5.74, 6) is 0. The van der Waals surface area contributed by atoms with Crippen molar-refractivity contribution in [2.24, 2.45) is 0 Å². The zero-order chi connectivity index (χ0) is 7.41. The van der Waals surface area contributed by atoms with Gasteiger partial charge >= 0.3 is 0 Å². The molecule has 10 heavy (non-hydrogen) atoms. The van der Waals surface area contributed by atoms with Gasteiger partial charge in [0.2, 0.25) is 0 Å². The number of hydrogen-bond donors (Lipinski definition) is 0. The van der Waals surface area contributed by atoms with Crippen LogP contribution < -0.4 is 0 Å². The van der Waals surface area contributed by atoms with E-state index in [9.17, 15) is 8.42 Å². The van der Waals surface area contributed by atoms with Gasteiger partial charge in [0.05, 0.1) is 17.5 Å². The average Bonchev–Trinajstić information content (AvgIpc) is 2.32. The van der Waals surface area contributed by atoms with E-state index >= 15 is 0 Å². The topological polar surface area (TPSA) is 46.7 Å². The molecular formula is C6H10O3S. The van der Waals surface area contributed by atoms with Gasteiger partial charge in [0.1, 0.15) is 0 Å². The van der Waals surface area contributed by atoms with Gasteiger partial charge in [-0.2, -0.15) is 0 Å². The van der Waals surface area contributed by atoms with Crippen molar-refractivity contribution in [3.63, 3.8) is 0 Å². The summed E-state index contributed by atoms with van der Waals surface area (Å²) in [4.78, 5) is 0. The fraction of sp³-hybridized carbons (Fsp3) is 1.00. The number of sulfone groups is 1. The zero-order valence-corrected chi connectivity index (χ0v) is 6.65. The first-order valence-electron chi connectivity index (χ1n) is 3.35. The second-order valence-electron chi connectivity index (χ2n) is 3.33. The third-order valence-electron chi connectivity index (χ3n) is 2.36. The Labute approximate surface area is 60.3 Å². The van der Waals surface area contributed by atoms with Crippen molar-refractivity contribution >= 4 is 9.84 Å². The maximum absolute atomic E-state index is 10.9. The molecule has 0 unspecified atom stereocenters. The smallest absolute Gasteiger partial charge is 0.150 e. The van der Waals surface area contributed by atoms with Gasteiger partial charge in [-0.1, -0.05) is 0 Å². The molecule has 1 aliphatic heterocycles. The van der Waals surface area contributed by atoms with E-state index in [0.717, 1.165) is 19.4 Å². The van der Waals surface area contributed by atoms with Gasteiger partial charge in [0, 0.05) is 6.26 Å². The third kappa shape index (κ3) is 0.864. The van der Waals surface area contributed by atoms with Crippen molar-refractivity contribution in [3.05, 3.63) is 0 Å². The second-order valence-corrected chi connectivity index (χ2v) is 5.66. The molecule has 0 radical (unpaired) electrons. The van der Waals surface area contributed by atoms with Crippen molar-refractivity contribution in [1.82, 2.24) is 0 Å². The molecule has 4 heteroatoms. The largest absolute Gasteiger partial charge is 0.370 e. The lowest BCUT2D eigenvalue weighted by atomic mass is 9.85. The molecule has 1 heterocycles. The quantitative estimate of drug-likeness (QED) is 0.508. The number of ether oxygens (including phenoxy) is 1. The third-order valence-corrected chi connectivity index (χ3v) is 3.90. The lowest BCUT2D eigenvalue weighted by Gasteiger charge is -2.30. The Bertz CT molecular complexity index is 242. The van der Waals surface area contributed by atoms with E-state index in [1.165, 1.54) is 6.26 Å². The number of hydrogen-bond acceptors (Lipinski definition) is 3. The summed E-state index contributed by atoms with van der Waals surface area (Å²) in [6.45, 7) is 0.777. The van der Waals surface area contributed by atoms with E-state index < -0.39 is 9.84 Å². The van der Waals surface area contributed by atoms with Gasteiger partial charge < -0.3 is 4.74 Å². The Morgan fingerprint density at radius 1 is 1.50 bits per heavy atom. The molecule has 2 aliphatic rings. The van der Waals surface area contributed by atoms with Crippen LogP contribution in [0, 0.1) is 0 Å². The highest BCUT2D eigenvalue weighted by molar-refractivity contribution is 7.91. The first kappa shape index (κ1) is 6.61. The van der Waals surface area contributed by atoms with Crippen LogP contribution in [0.15, 0.2) is 0 Å². The van der Waals surface area contributed by atoms with Crippen molar-refractivity contribution in [2.75, 3.05) is 12.9 Å². The maximum Gasteiger partial charge on any atom is 0.150 e. The van der Waals surface area contributed by atoms with Crippen LogP contribution in [0.5, 0.6) is 0 Å². The minimum Gasteiger partial charge on any atom is -0.370 e. The Balaban J connectivity index is 2.02. The van der Waals surface area contributed by atoms with Crippen LogP contribution in [0.2, 0.25) is 0 Å². The molecule has 0 atom stereocenters. The first-order valence-corrected chi connectivity index (χ1v) is 5.30. The molecule has 0 amide bonds.